The highest BCUT2D eigenvalue weighted by atomic mass is 16.2. The summed E-state index contributed by atoms with van der Waals surface area (Å²) in [6, 6.07) is 9.31. The lowest BCUT2D eigenvalue weighted by atomic mass is 9.96. The van der Waals surface area contributed by atoms with Gasteiger partial charge in [0.15, 0.2) is 5.78 Å². The number of piperazine rings is 1. The number of carbonyl (C=O) groups excluding carboxylic acids is 2. The molecule has 1 amide bonds. The van der Waals surface area contributed by atoms with E-state index in [0.717, 1.165) is 38.3 Å². The Morgan fingerprint density at radius 3 is 2.17 bits per heavy atom. The van der Waals surface area contributed by atoms with Crippen molar-refractivity contribution in [2.75, 3.05) is 32.7 Å². The van der Waals surface area contributed by atoms with Crippen LogP contribution in [0.4, 0.5) is 0 Å². The molecule has 24 heavy (non-hydrogen) atoms. The summed E-state index contributed by atoms with van der Waals surface area (Å²) < 4.78 is 0. The molecule has 1 heterocycles. The predicted molar refractivity (Wildman–Crippen MR) is 97.1 cm³/mol. The maximum atomic E-state index is 12.3. The lowest BCUT2D eigenvalue weighted by Gasteiger charge is -2.37. The highest BCUT2D eigenvalue weighted by molar-refractivity contribution is 5.96. The zero-order chi connectivity index (χ0) is 17.6. The van der Waals surface area contributed by atoms with Crippen molar-refractivity contribution in [3.05, 3.63) is 35.9 Å². The van der Waals surface area contributed by atoms with Crippen LogP contribution in [0.3, 0.4) is 0 Å². The topological polar surface area (TPSA) is 40.6 Å². The summed E-state index contributed by atoms with van der Waals surface area (Å²) in [6.07, 6.45) is 1.55. The van der Waals surface area contributed by atoms with E-state index in [1.165, 1.54) is 0 Å². The number of Topliss-reactive ketones (excluding diaryl/α,β-unsaturated/α-hetero) is 1. The van der Waals surface area contributed by atoms with Crippen LogP contribution >= 0.6 is 0 Å². The second kappa shape index (κ2) is 8.43. The quantitative estimate of drug-likeness (QED) is 0.752. The van der Waals surface area contributed by atoms with Crippen LogP contribution < -0.4 is 0 Å². The molecule has 1 fully saturated rings. The summed E-state index contributed by atoms with van der Waals surface area (Å²) in [5, 5.41) is 0. The molecule has 2 rings (SSSR count). The van der Waals surface area contributed by atoms with Gasteiger partial charge in [0.2, 0.25) is 5.91 Å². The average Bonchev–Trinajstić information content (AvgIpc) is 2.54. The third-order valence-corrected chi connectivity index (χ3v) is 4.31. The normalized spacial score (nSPS) is 16.2. The first-order chi connectivity index (χ1) is 11.3. The molecule has 0 aliphatic carbocycles. The minimum absolute atomic E-state index is 0.124. The Morgan fingerprint density at radius 1 is 0.958 bits per heavy atom. The first kappa shape index (κ1) is 18.7. The summed E-state index contributed by atoms with van der Waals surface area (Å²) in [7, 11) is 0. The van der Waals surface area contributed by atoms with E-state index in [9.17, 15) is 9.59 Å². The number of ketones is 1. The van der Waals surface area contributed by atoms with Crippen molar-refractivity contribution in [1.82, 2.24) is 9.80 Å². The second-order valence-electron chi connectivity index (χ2n) is 7.86. The van der Waals surface area contributed by atoms with Crippen LogP contribution in [0, 0.1) is 5.41 Å². The SMILES string of the molecule is CC(C)(C)CN1CCN(C(=O)CCCC(=O)c2ccccc2)CC1. The Labute approximate surface area is 145 Å². The maximum absolute atomic E-state index is 12.3. The number of benzene rings is 1. The van der Waals surface area contributed by atoms with Crippen molar-refractivity contribution in [2.45, 2.75) is 40.0 Å². The molecule has 1 aliphatic rings. The molecule has 0 aromatic heterocycles. The molecule has 4 nitrogen and oxygen atoms in total. The van der Waals surface area contributed by atoms with E-state index in [1.807, 2.05) is 35.2 Å². The van der Waals surface area contributed by atoms with Gasteiger partial charge in [-0.3, -0.25) is 14.5 Å². The number of rotatable bonds is 6. The number of hydrogen-bond donors (Lipinski definition) is 0. The lowest BCUT2D eigenvalue weighted by molar-refractivity contribution is -0.133. The Kier molecular flexibility index (Phi) is 6.55. The van der Waals surface area contributed by atoms with Gasteiger partial charge in [0.05, 0.1) is 0 Å². The molecule has 0 atom stereocenters. The van der Waals surface area contributed by atoms with Crippen molar-refractivity contribution in [3.8, 4) is 0 Å². The summed E-state index contributed by atoms with van der Waals surface area (Å²) in [5.74, 6) is 0.310. The molecular weight excluding hydrogens is 300 g/mol. The van der Waals surface area contributed by atoms with E-state index >= 15 is 0 Å². The monoisotopic (exact) mass is 330 g/mol. The summed E-state index contributed by atoms with van der Waals surface area (Å²) in [6.45, 7) is 11.3. The Balaban J connectivity index is 1.68. The smallest absolute Gasteiger partial charge is 0.222 e. The van der Waals surface area contributed by atoms with E-state index in [-0.39, 0.29) is 11.7 Å². The molecule has 1 aromatic carbocycles. The molecular formula is C20H30N2O2. The molecule has 4 heteroatoms. The highest BCUT2D eigenvalue weighted by Crippen LogP contribution is 2.17. The average molecular weight is 330 g/mol. The molecule has 0 bridgehead atoms. The van der Waals surface area contributed by atoms with E-state index < -0.39 is 0 Å². The summed E-state index contributed by atoms with van der Waals surface area (Å²) in [4.78, 5) is 28.7. The van der Waals surface area contributed by atoms with Gasteiger partial charge < -0.3 is 4.90 Å². The molecule has 1 aliphatic heterocycles. The lowest BCUT2D eigenvalue weighted by Crippen LogP contribution is -2.50. The van der Waals surface area contributed by atoms with Crippen LogP contribution in [0.2, 0.25) is 0 Å². The van der Waals surface area contributed by atoms with Gasteiger partial charge in [-0.25, -0.2) is 0 Å². The minimum atomic E-state index is 0.124. The number of carbonyl (C=O) groups is 2. The van der Waals surface area contributed by atoms with Crippen LogP contribution in [0.25, 0.3) is 0 Å². The van der Waals surface area contributed by atoms with Crippen LogP contribution in [-0.2, 0) is 4.79 Å². The van der Waals surface area contributed by atoms with Gasteiger partial charge in [-0.1, -0.05) is 51.1 Å². The van der Waals surface area contributed by atoms with Crippen molar-refractivity contribution in [3.63, 3.8) is 0 Å². The first-order valence-corrected chi connectivity index (χ1v) is 8.93. The van der Waals surface area contributed by atoms with Gasteiger partial charge in [-0.15, -0.1) is 0 Å². The Hall–Kier alpha value is -1.68. The van der Waals surface area contributed by atoms with Crippen molar-refractivity contribution < 1.29 is 9.59 Å². The van der Waals surface area contributed by atoms with Gasteiger partial charge in [0.25, 0.3) is 0 Å². The van der Waals surface area contributed by atoms with Crippen LogP contribution in [0.5, 0.6) is 0 Å². The van der Waals surface area contributed by atoms with Gasteiger partial charge in [0, 0.05) is 51.1 Å². The van der Waals surface area contributed by atoms with E-state index in [4.69, 9.17) is 0 Å². The molecule has 0 radical (unpaired) electrons. The maximum Gasteiger partial charge on any atom is 0.222 e. The first-order valence-electron chi connectivity index (χ1n) is 8.93. The molecule has 0 saturated carbocycles. The standard InChI is InChI=1S/C20H30N2O2/c1-20(2,3)16-21-12-14-22(15-13-21)19(24)11-7-10-18(23)17-8-5-4-6-9-17/h4-6,8-9H,7,10-16H2,1-3H3. The van der Waals surface area contributed by atoms with Crippen molar-refractivity contribution >= 4 is 11.7 Å². The molecule has 1 saturated heterocycles. The molecule has 1 aromatic rings. The van der Waals surface area contributed by atoms with Gasteiger partial charge in [0.1, 0.15) is 0 Å². The zero-order valence-electron chi connectivity index (χ0n) is 15.3. The second-order valence-corrected chi connectivity index (χ2v) is 7.86. The van der Waals surface area contributed by atoms with Gasteiger partial charge in [-0.2, -0.15) is 0 Å². The number of nitrogens with zero attached hydrogens (tertiary/aromatic N) is 2. The van der Waals surface area contributed by atoms with Gasteiger partial charge >= 0.3 is 0 Å². The fourth-order valence-corrected chi connectivity index (χ4v) is 3.15. The minimum Gasteiger partial charge on any atom is -0.340 e. The fraction of sp³-hybridized carbons (Fsp3) is 0.600. The number of hydrogen-bond acceptors (Lipinski definition) is 3. The van der Waals surface area contributed by atoms with Crippen LogP contribution in [0.15, 0.2) is 30.3 Å². The number of amides is 1. The third kappa shape index (κ3) is 6.08. The van der Waals surface area contributed by atoms with Crippen molar-refractivity contribution in [1.29, 1.82) is 0 Å². The Morgan fingerprint density at radius 2 is 1.58 bits per heavy atom. The molecule has 132 valence electrons. The Bertz CT molecular complexity index is 541. The molecule has 0 unspecified atom stereocenters. The predicted octanol–water partition coefficient (Wildman–Crippen LogP) is 3.23. The van der Waals surface area contributed by atoms with E-state index in [1.54, 1.807) is 0 Å². The van der Waals surface area contributed by atoms with Gasteiger partial charge in [-0.05, 0) is 11.8 Å². The molecule has 0 spiro atoms. The fourth-order valence-electron chi connectivity index (χ4n) is 3.15. The summed E-state index contributed by atoms with van der Waals surface area (Å²) >= 11 is 0. The third-order valence-electron chi connectivity index (χ3n) is 4.31. The van der Waals surface area contributed by atoms with E-state index in [2.05, 4.69) is 25.7 Å². The van der Waals surface area contributed by atoms with Crippen molar-refractivity contribution in [2.24, 2.45) is 5.41 Å². The van der Waals surface area contributed by atoms with E-state index in [0.29, 0.717) is 24.7 Å². The van der Waals surface area contributed by atoms with Crippen LogP contribution in [-0.4, -0.2) is 54.2 Å². The highest BCUT2D eigenvalue weighted by Gasteiger charge is 2.23. The molecule has 0 N–H and O–H groups in total. The zero-order valence-corrected chi connectivity index (χ0v) is 15.3. The largest absolute Gasteiger partial charge is 0.340 e. The summed E-state index contributed by atoms with van der Waals surface area (Å²) in [5.41, 5.74) is 1.03. The van der Waals surface area contributed by atoms with Crippen LogP contribution in [0.1, 0.15) is 50.4 Å².